The van der Waals surface area contributed by atoms with Crippen LogP contribution in [0.1, 0.15) is 38.7 Å². The van der Waals surface area contributed by atoms with E-state index in [0.29, 0.717) is 35.3 Å². The Bertz CT molecular complexity index is 638. The van der Waals surface area contributed by atoms with Gasteiger partial charge in [0.15, 0.2) is 11.6 Å². The molecule has 0 aromatic heterocycles. The number of benzene rings is 1. The Balaban J connectivity index is 2.55. The van der Waals surface area contributed by atoms with Gasteiger partial charge in [-0.2, -0.15) is 0 Å². The molecule has 0 fully saturated rings. The summed E-state index contributed by atoms with van der Waals surface area (Å²) in [5.41, 5.74) is 9.05. The fourth-order valence-electron chi connectivity index (χ4n) is 2.87. The summed E-state index contributed by atoms with van der Waals surface area (Å²) in [5, 5.41) is 0. The van der Waals surface area contributed by atoms with E-state index in [0.717, 1.165) is 5.56 Å². The Labute approximate surface area is 125 Å². The molecule has 1 aliphatic rings. The molecule has 0 spiro atoms. The topological polar surface area (TPSA) is 60.2 Å². The Kier molecular flexibility index (Phi) is 4.53. The molecule has 3 nitrogen and oxygen atoms in total. The molecular formula is C18H21NO2. The van der Waals surface area contributed by atoms with Crippen molar-refractivity contribution in [2.45, 2.75) is 33.1 Å². The Hall–Kier alpha value is -2.00. The lowest BCUT2D eigenvalue weighted by Gasteiger charge is -2.26. The van der Waals surface area contributed by atoms with Gasteiger partial charge in [-0.1, -0.05) is 30.3 Å². The van der Waals surface area contributed by atoms with Crippen molar-refractivity contribution in [2.75, 3.05) is 6.54 Å². The number of hydrogen-bond donors (Lipinski definition) is 1. The SMILES string of the molecule is CC1=C(C)C(=O)C(C(CCN)c2ccccc2)=C(C)C1=O. The van der Waals surface area contributed by atoms with Crippen LogP contribution in [0, 0.1) is 0 Å². The van der Waals surface area contributed by atoms with Gasteiger partial charge < -0.3 is 5.73 Å². The smallest absolute Gasteiger partial charge is 0.186 e. The van der Waals surface area contributed by atoms with Crippen LogP contribution in [-0.4, -0.2) is 18.1 Å². The van der Waals surface area contributed by atoms with Crippen LogP contribution in [0.3, 0.4) is 0 Å². The van der Waals surface area contributed by atoms with Gasteiger partial charge >= 0.3 is 0 Å². The second-order valence-corrected chi connectivity index (χ2v) is 5.49. The molecule has 2 N–H and O–H groups in total. The van der Waals surface area contributed by atoms with Crippen molar-refractivity contribution in [3.8, 4) is 0 Å². The molecule has 0 heterocycles. The molecule has 2 rings (SSSR count). The van der Waals surface area contributed by atoms with Crippen LogP contribution in [0.4, 0.5) is 0 Å². The average Bonchev–Trinajstić information content (AvgIpc) is 2.51. The summed E-state index contributed by atoms with van der Waals surface area (Å²) in [5.74, 6) is -0.164. The monoisotopic (exact) mass is 283 g/mol. The van der Waals surface area contributed by atoms with Crippen LogP contribution in [0.15, 0.2) is 52.6 Å². The second kappa shape index (κ2) is 6.19. The molecule has 1 aliphatic carbocycles. The molecule has 0 aliphatic heterocycles. The molecule has 0 bridgehead atoms. The molecule has 110 valence electrons. The van der Waals surface area contributed by atoms with Gasteiger partial charge in [0.25, 0.3) is 0 Å². The third kappa shape index (κ3) is 2.74. The normalized spacial score (nSPS) is 17.5. The van der Waals surface area contributed by atoms with E-state index in [-0.39, 0.29) is 17.5 Å². The number of allylic oxidation sites excluding steroid dienone is 4. The van der Waals surface area contributed by atoms with E-state index in [1.54, 1.807) is 20.8 Å². The number of carbonyl (C=O) groups is 2. The van der Waals surface area contributed by atoms with Gasteiger partial charge in [-0.3, -0.25) is 9.59 Å². The average molecular weight is 283 g/mol. The first-order valence-electron chi connectivity index (χ1n) is 7.21. The predicted octanol–water partition coefficient (Wildman–Crippen LogP) is 2.92. The van der Waals surface area contributed by atoms with Crippen molar-refractivity contribution in [1.82, 2.24) is 0 Å². The number of carbonyl (C=O) groups excluding carboxylic acids is 2. The van der Waals surface area contributed by atoms with E-state index >= 15 is 0 Å². The van der Waals surface area contributed by atoms with Crippen LogP contribution in [0.5, 0.6) is 0 Å². The van der Waals surface area contributed by atoms with Crippen LogP contribution >= 0.6 is 0 Å². The first-order chi connectivity index (χ1) is 9.99. The van der Waals surface area contributed by atoms with Gasteiger partial charge in [0.2, 0.25) is 0 Å². The van der Waals surface area contributed by atoms with E-state index < -0.39 is 0 Å². The molecule has 0 amide bonds. The van der Waals surface area contributed by atoms with Crippen molar-refractivity contribution in [1.29, 1.82) is 0 Å². The van der Waals surface area contributed by atoms with Gasteiger partial charge in [-0.05, 0) is 39.3 Å². The summed E-state index contributed by atoms with van der Waals surface area (Å²) in [6, 6.07) is 9.79. The van der Waals surface area contributed by atoms with E-state index in [2.05, 4.69) is 0 Å². The lowest BCUT2D eigenvalue weighted by Crippen LogP contribution is -2.25. The summed E-state index contributed by atoms with van der Waals surface area (Å²) in [6.45, 7) is 5.67. The molecule has 1 aromatic rings. The number of Topliss-reactive ketones (excluding diaryl/α,β-unsaturated/α-hetero) is 2. The molecule has 3 heteroatoms. The van der Waals surface area contributed by atoms with Crippen molar-refractivity contribution in [3.05, 3.63) is 58.2 Å². The molecule has 21 heavy (non-hydrogen) atoms. The first kappa shape index (κ1) is 15.4. The van der Waals surface area contributed by atoms with Crippen molar-refractivity contribution < 1.29 is 9.59 Å². The number of ketones is 2. The third-order valence-electron chi connectivity index (χ3n) is 4.24. The molecule has 0 radical (unpaired) electrons. The van der Waals surface area contributed by atoms with Gasteiger partial charge in [0, 0.05) is 28.2 Å². The summed E-state index contributed by atoms with van der Waals surface area (Å²) in [7, 11) is 0. The summed E-state index contributed by atoms with van der Waals surface area (Å²) >= 11 is 0. The zero-order valence-corrected chi connectivity index (χ0v) is 12.8. The number of nitrogens with two attached hydrogens (primary N) is 1. The highest BCUT2D eigenvalue weighted by Crippen LogP contribution is 2.36. The van der Waals surface area contributed by atoms with E-state index in [4.69, 9.17) is 5.73 Å². The molecular weight excluding hydrogens is 262 g/mol. The fraction of sp³-hybridized carbons (Fsp3) is 0.333. The van der Waals surface area contributed by atoms with Gasteiger partial charge in [-0.15, -0.1) is 0 Å². The maximum absolute atomic E-state index is 12.7. The molecule has 1 unspecified atom stereocenters. The highest BCUT2D eigenvalue weighted by atomic mass is 16.1. The van der Waals surface area contributed by atoms with Crippen LogP contribution < -0.4 is 5.73 Å². The highest BCUT2D eigenvalue weighted by molar-refractivity contribution is 6.25. The molecule has 0 saturated carbocycles. The minimum absolute atomic E-state index is 0.0214. The second-order valence-electron chi connectivity index (χ2n) is 5.49. The van der Waals surface area contributed by atoms with Crippen molar-refractivity contribution >= 4 is 11.6 Å². The molecule has 1 atom stereocenters. The van der Waals surface area contributed by atoms with E-state index in [1.165, 1.54) is 0 Å². The van der Waals surface area contributed by atoms with Crippen molar-refractivity contribution in [2.24, 2.45) is 5.73 Å². The minimum Gasteiger partial charge on any atom is -0.330 e. The standard InChI is InChI=1S/C18H21NO2/c1-11-12(2)18(21)16(13(3)17(11)20)15(9-10-19)14-7-5-4-6-8-14/h4-8,15H,9-10,19H2,1-3H3. The van der Waals surface area contributed by atoms with E-state index in [9.17, 15) is 9.59 Å². The predicted molar refractivity (Wildman–Crippen MR) is 83.9 cm³/mol. The fourth-order valence-corrected chi connectivity index (χ4v) is 2.87. The minimum atomic E-state index is -0.115. The van der Waals surface area contributed by atoms with Crippen LogP contribution in [0.25, 0.3) is 0 Å². The quantitative estimate of drug-likeness (QED) is 0.864. The van der Waals surface area contributed by atoms with Crippen LogP contribution in [0.2, 0.25) is 0 Å². The van der Waals surface area contributed by atoms with Crippen molar-refractivity contribution in [3.63, 3.8) is 0 Å². The van der Waals surface area contributed by atoms with Gasteiger partial charge in [0.05, 0.1) is 0 Å². The molecule has 0 saturated heterocycles. The van der Waals surface area contributed by atoms with Gasteiger partial charge in [-0.25, -0.2) is 0 Å². The summed E-state index contributed by atoms with van der Waals surface area (Å²) in [6.07, 6.45) is 0.655. The van der Waals surface area contributed by atoms with Crippen LogP contribution in [-0.2, 0) is 9.59 Å². The Morgan fingerprint density at radius 2 is 1.48 bits per heavy atom. The zero-order chi connectivity index (χ0) is 15.6. The maximum Gasteiger partial charge on any atom is 0.186 e. The first-order valence-corrected chi connectivity index (χ1v) is 7.21. The summed E-state index contributed by atoms with van der Waals surface area (Å²) in [4.78, 5) is 25.0. The molecule has 1 aromatic carbocycles. The zero-order valence-electron chi connectivity index (χ0n) is 12.8. The lowest BCUT2D eigenvalue weighted by atomic mass is 9.76. The van der Waals surface area contributed by atoms with E-state index in [1.807, 2.05) is 30.3 Å². The number of hydrogen-bond acceptors (Lipinski definition) is 3. The Morgan fingerprint density at radius 1 is 0.905 bits per heavy atom. The summed E-state index contributed by atoms with van der Waals surface area (Å²) < 4.78 is 0. The maximum atomic E-state index is 12.7. The lowest BCUT2D eigenvalue weighted by molar-refractivity contribution is -0.116. The Morgan fingerprint density at radius 3 is 2.05 bits per heavy atom. The van der Waals surface area contributed by atoms with Gasteiger partial charge in [0.1, 0.15) is 0 Å². The largest absolute Gasteiger partial charge is 0.330 e. The number of rotatable bonds is 4. The third-order valence-corrected chi connectivity index (χ3v) is 4.24. The highest BCUT2D eigenvalue weighted by Gasteiger charge is 2.32.